The van der Waals surface area contributed by atoms with Crippen LogP contribution in [0.4, 0.5) is 8.78 Å². The molecule has 0 bridgehead atoms. The molecule has 0 fully saturated rings. The van der Waals surface area contributed by atoms with Crippen LogP contribution in [0.3, 0.4) is 0 Å². The van der Waals surface area contributed by atoms with Gasteiger partial charge < -0.3 is 15.1 Å². The topological polar surface area (TPSA) is 84.2 Å². The van der Waals surface area contributed by atoms with Gasteiger partial charge in [0.1, 0.15) is 0 Å². The van der Waals surface area contributed by atoms with E-state index in [1.807, 2.05) is 47.9 Å². The number of hydrogen-bond donors (Lipinski definition) is 2. The van der Waals surface area contributed by atoms with Crippen molar-refractivity contribution in [3.05, 3.63) is 123 Å². The highest BCUT2D eigenvalue weighted by molar-refractivity contribution is 7.10. The fraction of sp³-hybridized carbons (Fsp3) is 0.219. The van der Waals surface area contributed by atoms with Gasteiger partial charge in [-0.25, -0.2) is 13.8 Å². The van der Waals surface area contributed by atoms with Crippen LogP contribution in [0, 0.1) is 0 Å². The van der Waals surface area contributed by atoms with Crippen molar-refractivity contribution in [2.75, 3.05) is 0 Å². The minimum absolute atomic E-state index is 0.0772. The largest absolute Gasteiger partial charge is 0.436 e. The third kappa shape index (κ3) is 6.69. The Labute approximate surface area is 240 Å². The zero-order valence-electron chi connectivity index (χ0n) is 22.5. The molecule has 0 saturated heterocycles. The summed E-state index contributed by atoms with van der Waals surface area (Å²) in [6.07, 6.45) is 14.0. The van der Waals surface area contributed by atoms with E-state index < -0.39 is 11.8 Å². The number of hydrogen-bond acceptors (Lipinski definition) is 5. The maximum atomic E-state index is 14.5. The standard InChI is InChI=1S/C32H29F2N3O3S/c1-2-32(33,34)26-13-7-6-11-23(26)20-35-30(39)28-29(40-31(37-28)22-9-4-3-5-10-22)21-14-16-24(17-15-21)36-27(38)19-25-12-8-18-41-25/h3-9,11-14,16-18H,2,10,15,19-20H2,1H3,(H,35,39)(H,36,38). The van der Waals surface area contributed by atoms with Crippen LogP contribution in [0.5, 0.6) is 0 Å². The Bertz CT molecular complexity index is 1700. The number of halogens is 2. The van der Waals surface area contributed by atoms with Crippen LogP contribution in [0.2, 0.25) is 0 Å². The van der Waals surface area contributed by atoms with Gasteiger partial charge in [-0.1, -0.05) is 73.7 Å². The van der Waals surface area contributed by atoms with Crippen LogP contribution in [0.1, 0.15) is 52.7 Å². The molecule has 210 valence electrons. The smallest absolute Gasteiger partial charge is 0.274 e. The minimum atomic E-state index is -3.00. The number of amides is 2. The van der Waals surface area contributed by atoms with E-state index in [2.05, 4.69) is 15.6 Å². The van der Waals surface area contributed by atoms with Gasteiger partial charge in [0, 0.05) is 40.2 Å². The van der Waals surface area contributed by atoms with E-state index in [1.165, 1.54) is 24.3 Å². The van der Waals surface area contributed by atoms with Gasteiger partial charge in [0.05, 0.1) is 6.42 Å². The first-order valence-corrected chi connectivity index (χ1v) is 14.2. The first-order chi connectivity index (χ1) is 19.8. The molecule has 0 unspecified atom stereocenters. The molecule has 5 rings (SSSR count). The van der Waals surface area contributed by atoms with Gasteiger partial charge in [-0.2, -0.15) is 0 Å². The lowest BCUT2D eigenvalue weighted by Crippen LogP contribution is -2.30. The van der Waals surface area contributed by atoms with Crippen LogP contribution in [0.15, 0.2) is 94.4 Å². The first-order valence-electron chi connectivity index (χ1n) is 13.4. The monoisotopic (exact) mass is 573 g/mol. The average molecular weight is 574 g/mol. The average Bonchev–Trinajstić information content (AvgIpc) is 3.67. The van der Waals surface area contributed by atoms with E-state index in [9.17, 15) is 18.4 Å². The second-order valence-corrected chi connectivity index (χ2v) is 10.7. The third-order valence-corrected chi connectivity index (χ3v) is 7.67. The lowest BCUT2D eigenvalue weighted by molar-refractivity contribution is -0.119. The van der Waals surface area contributed by atoms with E-state index in [0.717, 1.165) is 10.5 Å². The Balaban J connectivity index is 1.41. The van der Waals surface area contributed by atoms with Gasteiger partial charge in [-0.05, 0) is 35.9 Å². The maximum Gasteiger partial charge on any atom is 0.274 e. The number of benzene rings is 1. The number of alkyl halides is 2. The van der Waals surface area contributed by atoms with Crippen LogP contribution < -0.4 is 21.6 Å². The van der Waals surface area contributed by atoms with Gasteiger partial charge >= 0.3 is 0 Å². The van der Waals surface area contributed by atoms with E-state index in [4.69, 9.17) is 4.42 Å². The number of nitrogens with zero attached hydrogens (tertiary/aromatic N) is 1. The second-order valence-electron chi connectivity index (χ2n) is 9.64. The molecule has 9 heteroatoms. The first kappa shape index (κ1) is 28.2. The molecule has 6 nitrogen and oxygen atoms in total. The van der Waals surface area contributed by atoms with Crippen LogP contribution in [0.25, 0.3) is 11.1 Å². The van der Waals surface area contributed by atoms with Crippen molar-refractivity contribution in [2.24, 2.45) is 0 Å². The molecule has 2 aromatic heterocycles. The summed E-state index contributed by atoms with van der Waals surface area (Å²) in [6, 6.07) is 10.0. The molecular weight excluding hydrogens is 544 g/mol. The Morgan fingerprint density at radius 1 is 1.05 bits per heavy atom. The fourth-order valence-corrected chi connectivity index (χ4v) is 5.27. The number of oxazole rings is 1. The molecule has 2 aliphatic carbocycles. The summed E-state index contributed by atoms with van der Waals surface area (Å²) < 4.78 is 35.2. The molecule has 2 heterocycles. The van der Waals surface area contributed by atoms with Gasteiger partial charge in [0.25, 0.3) is 11.8 Å². The molecule has 0 spiro atoms. The molecule has 2 aliphatic rings. The number of rotatable bonds is 8. The predicted molar refractivity (Wildman–Crippen MR) is 155 cm³/mol. The van der Waals surface area contributed by atoms with Crippen LogP contribution in [-0.4, -0.2) is 16.8 Å². The molecule has 2 amide bonds. The zero-order valence-corrected chi connectivity index (χ0v) is 23.3. The molecule has 0 saturated carbocycles. The van der Waals surface area contributed by atoms with Crippen LogP contribution in [-0.2, 0) is 23.7 Å². The van der Waals surface area contributed by atoms with Crippen molar-refractivity contribution in [2.45, 2.75) is 45.1 Å². The summed E-state index contributed by atoms with van der Waals surface area (Å²) in [4.78, 5) is 31.3. The number of thiophene rings is 1. The Morgan fingerprint density at radius 3 is 2.61 bits per heavy atom. The lowest BCUT2D eigenvalue weighted by atomic mass is 9.99. The number of allylic oxidation sites excluding steroid dienone is 7. The lowest BCUT2D eigenvalue weighted by Gasteiger charge is -2.18. The molecule has 41 heavy (non-hydrogen) atoms. The van der Waals surface area contributed by atoms with Gasteiger partial charge in [-0.3, -0.25) is 9.59 Å². The molecule has 2 N–H and O–H groups in total. The highest BCUT2D eigenvalue weighted by Gasteiger charge is 2.31. The van der Waals surface area contributed by atoms with Crippen molar-refractivity contribution in [1.29, 1.82) is 0 Å². The minimum Gasteiger partial charge on any atom is -0.436 e. The Kier molecular flexibility index (Phi) is 8.54. The molecule has 0 atom stereocenters. The summed E-state index contributed by atoms with van der Waals surface area (Å²) >= 11 is 1.53. The quantitative estimate of drug-likeness (QED) is 0.389. The summed E-state index contributed by atoms with van der Waals surface area (Å²) in [5.41, 5.74) is 3.11. The number of nitrogens with one attached hydrogen (secondary N) is 2. The third-order valence-electron chi connectivity index (χ3n) is 6.79. The van der Waals surface area contributed by atoms with E-state index in [1.54, 1.807) is 30.4 Å². The van der Waals surface area contributed by atoms with Crippen molar-refractivity contribution in [3.8, 4) is 0 Å². The molecule has 0 aliphatic heterocycles. The maximum absolute atomic E-state index is 14.5. The van der Waals surface area contributed by atoms with E-state index >= 15 is 0 Å². The van der Waals surface area contributed by atoms with Crippen LogP contribution >= 0.6 is 11.3 Å². The SMILES string of the molecule is CCC(F)(F)c1ccccc1CNC(=O)c1nc(=C2C=CC=CC2)oc1=C1C=CC(NC(=O)Cc2cccs2)=CC1. The van der Waals surface area contributed by atoms with Gasteiger partial charge in [-0.15, -0.1) is 11.3 Å². The molecule has 0 radical (unpaired) electrons. The highest BCUT2D eigenvalue weighted by atomic mass is 32.1. The van der Waals surface area contributed by atoms with Gasteiger partial charge in [0.15, 0.2) is 11.1 Å². The molecular formula is C32H29F2N3O3S. The second kappa shape index (κ2) is 12.4. The number of aromatic nitrogens is 1. The zero-order chi connectivity index (χ0) is 28.8. The van der Waals surface area contributed by atoms with Crippen molar-refractivity contribution < 1.29 is 22.8 Å². The predicted octanol–water partition coefficient (Wildman–Crippen LogP) is 5.19. The summed E-state index contributed by atoms with van der Waals surface area (Å²) in [6.45, 7) is 1.34. The fourth-order valence-electron chi connectivity index (χ4n) is 4.57. The summed E-state index contributed by atoms with van der Waals surface area (Å²) in [5.74, 6) is -3.64. The van der Waals surface area contributed by atoms with E-state index in [0.29, 0.717) is 47.1 Å². The van der Waals surface area contributed by atoms with Gasteiger partial charge in [0.2, 0.25) is 11.5 Å². The summed E-state index contributed by atoms with van der Waals surface area (Å²) in [5, 5.41) is 7.59. The Hall–Kier alpha value is -4.37. The van der Waals surface area contributed by atoms with E-state index in [-0.39, 0.29) is 30.1 Å². The number of carbonyl (C=O) groups excluding carboxylic acids is 2. The van der Waals surface area contributed by atoms with Crippen molar-refractivity contribution in [1.82, 2.24) is 15.6 Å². The Morgan fingerprint density at radius 2 is 1.90 bits per heavy atom. The molecule has 3 aromatic rings. The summed E-state index contributed by atoms with van der Waals surface area (Å²) in [7, 11) is 0. The van der Waals surface area contributed by atoms with Crippen molar-refractivity contribution >= 4 is 34.3 Å². The molecule has 1 aromatic carbocycles. The normalized spacial score (nSPS) is 17.4. The highest BCUT2D eigenvalue weighted by Crippen LogP contribution is 2.33. The van der Waals surface area contributed by atoms with Crippen molar-refractivity contribution in [3.63, 3.8) is 0 Å². The number of carbonyl (C=O) groups is 2.